The van der Waals surface area contributed by atoms with E-state index in [-0.39, 0.29) is 53.6 Å². The SMILES string of the molecule is Cc1ncsc1-c1ccc([C@H](C)NC(=O)[C@@H]2C[C@@H](O)CN2C(=O)[C@H](C(C)C)n2cc(-c3ccnc(N4CC[C@H](Oc5ccc(N6C(=S)N(c7ccc(C#N)c(C(F)(F)F)c7)C(=O)C6(C)C)cc5)C4)c3)cn2)cc1. The number of rotatable bonds is 13. The van der Waals surface area contributed by atoms with E-state index in [0.717, 1.165) is 55.7 Å². The van der Waals surface area contributed by atoms with E-state index in [1.54, 1.807) is 77.5 Å². The van der Waals surface area contributed by atoms with Gasteiger partial charge in [-0.1, -0.05) is 38.1 Å². The minimum Gasteiger partial charge on any atom is -0.489 e. The van der Waals surface area contributed by atoms with Crippen LogP contribution in [0.5, 0.6) is 5.75 Å². The number of carbonyl (C=O) groups is 3. The average molecular weight is 1030 g/mol. The van der Waals surface area contributed by atoms with Crippen molar-refractivity contribution in [2.24, 2.45) is 5.92 Å². The van der Waals surface area contributed by atoms with Crippen molar-refractivity contribution in [1.29, 1.82) is 5.26 Å². The van der Waals surface area contributed by atoms with E-state index in [0.29, 0.717) is 30.9 Å². The number of benzene rings is 3. The van der Waals surface area contributed by atoms with Gasteiger partial charge < -0.3 is 29.9 Å². The van der Waals surface area contributed by atoms with Crippen molar-refractivity contribution < 1.29 is 37.4 Å². The fourth-order valence-electron chi connectivity index (χ4n) is 9.84. The standard InChI is InChI=1S/C53H53F3N10O5S2/c1-30(2)46(49(69)63-27-40(67)23-44(63)48(68)61-31(3)33-7-9-34(10-8-33)47-32(4)59-29-73-47)64-26-37(25-60-64)35-17-19-58-45(21-35)62-20-18-42(28-62)71-41-15-13-38(14-16-41)66-51(72)65(50(70)52(66,5)6)39-12-11-36(24-57)43(22-39)53(54,55)56/h7-17,19,21-22,25-26,29-31,40,42,44,46,67H,18,20,23,27-28H2,1-6H3,(H,61,68)/t31-,40+,42-,44-,46-/m0/s1. The third-order valence-electron chi connectivity index (χ3n) is 13.7. The van der Waals surface area contributed by atoms with Gasteiger partial charge in [0.25, 0.3) is 5.91 Å². The topological polar surface area (TPSA) is 173 Å². The normalized spacial score (nSPS) is 19.7. The summed E-state index contributed by atoms with van der Waals surface area (Å²) in [5.74, 6) is -0.0664. The summed E-state index contributed by atoms with van der Waals surface area (Å²) in [6, 6.07) is 21.5. The Morgan fingerprint density at radius 3 is 2.37 bits per heavy atom. The second-order valence-corrected chi connectivity index (χ2v) is 20.7. The van der Waals surface area contributed by atoms with Crippen LogP contribution in [0.2, 0.25) is 0 Å². The maximum atomic E-state index is 14.4. The summed E-state index contributed by atoms with van der Waals surface area (Å²) in [5, 5.41) is 27.8. The van der Waals surface area contributed by atoms with Crippen molar-refractivity contribution in [3.05, 3.63) is 125 Å². The van der Waals surface area contributed by atoms with E-state index in [1.165, 1.54) is 11.0 Å². The molecule has 3 aromatic carbocycles. The van der Waals surface area contributed by atoms with Crippen LogP contribution in [0.3, 0.4) is 0 Å². The maximum absolute atomic E-state index is 14.4. The molecule has 0 bridgehead atoms. The van der Waals surface area contributed by atoms with Crippen LogP contribution in [0, 0.1) is 24.2 Å². The zero-order valence-electron chi connectivity index (χ0n) is 40.9. The summed E-state index contributed by atoms with van der Waals surface area (Å²) in [7, 11) is 0. The molecule has 378 valence electrons. The monoisotopic (exact) mass is 1030 g/mol. The number of halogens is 3. The Morgan fingerprint density at radius 2 is 1.70 bits per heavy atom. The largest absolute Gasteiger partial charge is 0.489 e. The number of aryl methyl sites for hydroxylation is 1. The van der Waals surface area contributed by atoms with Gasteiger partial charge in [-0.2, -0.15) is 23.5 Å². The van der Waals surface area contributed by atoms with E-state index in [1.807, 2.05) is 75.8 Å². The molecule has 15 nitrogen and oxygen atoms in total. The van der Waals surface area contributed by atoms with Crippen molar-refractivity contribution in [3.63, 3.8) is 0 Å². The van der Waals surface area contributed by atoms with E-state index in [2.05, 4.69) is 25.3 Å². The van der Waals surface area contributed by atoms with E-state index in [4.69, 9.17) is 17.0 Å². The predicted octanol–water partition coefficient (Wildman–Crippen LogP) is 8.88. The summed E-state index contributed by atoms with van der Waals surface area (Å²) < 4.78 is 49.5. The molecule has 6 aromatic rings. The fraction of sp³-hybridized carbons (Fsp3) is 0.358. The lowest BCUT2D eigenvalue weighted by atomic mass is 10.0. The molecule has 3 amide bonds. The molecule has 3 aliphatic heterocycles. The molecule has 9 rings (SSSR count). The van der Waals surface area contributed by atoms with Gasteiger partial charge >= 0.3 is 6.18 Å². The number of hydrogen-bond donors (Lipinski definition) is 2. The molecular weight excluding hydrogens is 978 g/mol. The van der Waals surface area contributed by atoms with Gasteiger partial charge in [-0.3, -0.25) is 24.0 Å². The summed E-state index contributed by atoms with van der Waals surface area (Å²) >= 11 is 7.28. The molecule has 3 aromatic heterocycles. The first-order valence-corrected chi connectivity index (χ1v) is 25.1. The minimum absolute atomic E-state index is 0.00651. The number of nitrogens with one attached hydrogen (secondary N) is 1. The molecule has 0 aliphatic carbocycles. The number of thiocarbonyl (C=S) groups is 1. The van der Waals surface area contributed by atoms with E-state index >= 15 is 0 Å². The zero-order chi connectivity index (χ0) is 52.1. The third kappa shape index (κ3) is 10.0. The van der Waals surface area contributed by atoms with Crippen LogP contribution in [0.25, 0.3) is 21.6 Å². The number of pyridine rings is 1. The summed E-state index contributed by atoms with van der Waals surface area (Å²) in [5.41, 5.74) is 3.83. The lowest BCUT2D eigenvalue weighted by Crippen LogP contribution is -2.49. The smallest absolute Gasteiger partial charge is 0.417 e. The van der Waals surface area contributed by atoms with Crippen LogP contribution in [-0.4, -0.2) is 96.0 Å². The van der Waals surface area contributed by atoms with Crippen LogP contribution >= 0.6 is 23.6 Å². The molecule has 2 N–H and O–H groups in total. The molecule has 5 atom stereocenters. The highest BCUT2D eigenvalue weighted by Crippen LogP contribution is 2.41. The average Bonchev–Trinajstić information content (AvgIpc) is 4.22. The summed E-state index contributed by atoms with van der Waals surface area (Å²) in [4.78, 5) is 58.3. The Hall–Kier alpha value is -7.21. The second-order valence-electron chi connectivity index (χ2n) is 19.4. The number of aromatic nitrogens is 4. The highest BCUT2D eigenvalue weighted by molar-refractivity contribution is 7.81. The van der Waals surface area contributed by atoms with Crippen molar-refractivity contribution in [2.45, 2.75) is 96.4 Å². The van der Waals surface area contributed by atoms with Gasteiger partial charge in [0.1, 0.15) is 35.3 Å². The molecule has 0 unspecified atom stereocenters. The van der Waals surface area contributed by atoms with Crippen LogP contribution in [0.4, 0.5) is 30.4 Å². The van der Waals surface area contributed by atoms with Crippen LogP contribution in [-0.2, 0) is 20.6 Å². The number of aliphatic hydroxyl groups excluding tert-OH is 1. The Morgan fingerprint density at radius 1 is 0.973 bits per heavy atom. The van der Waals surface area contributed by atoms with Gasteiger partial charge in [-0.15, -0.1) is 11.3 Å². The molecule has 3 fully saturated rings. The Kier molecular flexibility index (Phi) is 13.9. The van der Waals surface area contributed by atoms with Crippen molar-refractivity contribution in [2.75, 3.05) is 34.3 Å². The van der Waals surface area contributed by atoms with E-state index in [9.17, 15) is 37.9 Å². The highest BCUT2D eigenvalue weighted by atomic mass is 32.1. The predicted molar refractivity (Wildman–Crippen MR) is 275 cm³/mol. The lowest BCUT2D eigenvalue weighted by Gasteiger charge is -2.30. The molecule has 3 saturated heterocycles. The lowest BCUT2D eigenvalue weighted by molar-refractivity contribution is -0.142. The van der Waals surface area contributed by atoms with Gasteiger partial charge in [0.05, 0.1) is 63.9 Å². The number of likely N-dealkylation sites (tertiary alicyclic amines) is 1. The summed E-state index contributed by atoms with van der Waals surface area (Å²) in [6.07, 6.45) is 0.206. The van der Waals surface area contributed by atoms with E-state index < -0.39 is 46.9 Å². The van der Waals surface area contributed by atoms with Crippen molar-refractivity contribution in [3.8, 4) is 33.4 Å². The van der Waals surface area contributed by atoms with Crippen molar-refractivity contribution in [1.82, 2.24) is 30.0 Å². The Balaban J connectivity index is 0.829. The number of hydrogen-bond acceptors (Lipinski definition) is 12. The van der Waals surface area contributed by atoms with Crippen LogP contribution in [0.1, 0.15) is 81.9 Å². The molecule has 0 radical (unpaired) electrons. The maximum Gasteiger partial charge on any atom is 0.417 e. The third-order valence-corrected chi connectivity index (χ3v) is 15.1. The number of alkyl halides is 3. The van der Waals surface area contributed by atoms with Crippen molar-refractivity contribution >= 4 is 63.6 Å². The van der Waals surface area contributed by atoms with Gasteiger partial charge in [-0.25, -0.2) is 9.97 Å². The molecule has 20 heteroatoms. The first-order chi connectivity index (χ1) is 34.7. The quantitative estimate of drug-likeness (QED) is 0.105. The minimum atomic E-state index is -4.81. The first-order valence-electron chi connectivity index (χ1n) is 23.8. The number of nitriles is 1. The molecular formula is C53H53F3N10O5S2. The fourth-order valence-corrected chi connectivity index (χ4v) is 11.2. The number of aliphatic hydroxyl groups is 1. The van der Waals surface area contributed by atoms with Gasteiger partial charge in [0, 0.05) is 49.6 Å². The molecule has 0 saturated carbocycles. The first kappa shape index (κ1) is 50.7. The number of amides is 3. The zero-order valence-corrected chi connectivity index (χ0v) is 42.5. The summed E-state index contributed by atoms with van der Waals surface area (Å²) in [6.45, 7) is 12.2. The van der Waals surface area contributed by atoms with Gasteiger partial charge in [-0.05, 0) is 117 Å². The second kappa shape index (κ2) is 20.0. The number of β-amino-alcohol motifs (C(OH)–C–C–N with tert-alkyl or cyclic N) is 1. The molecule has 3 aliphatic rings. The number of anilines is 3. The molecule has 73 heavy (non-hydrogen) atoms. The highest BCUT2D eigenvalue weighted by Gasteiger charge is 2.51. The van der Waals surface area contributed by atoms with Gasteiger partial charge in [0.2, 0.25) is 11.8 Å². The van der Waals surface area contributed by atoms with Crippen LogP contribution < -0.4 is 24.8 Å². The number of nitrogens with zero attached hydrogens (tertiary/aromatic N) is 9. The Bertz CT molecular complexity index is 3120. The van der Waals surface area contributed by atoms with Gasteiger partial charge in [0.15, 0.2) is 5.11 Å². The number of ether oxygens (including phenoxy) is 1. The Labute approximate surface area is 429 Å². The molecule has 6 heterocycles. The molecule has 0 spiro atoms. The number of thiazole rings is 1. The number of carbonyl (C=O) groups excluding carboxylic acids is 3. The van der Waals surface area contributed by atoms with Crippen LogP contribution in [0.15, 0.2) is 103 Å².